The zero-order valence-electron chi connectivity index (χ0n) is 32.1. The fraction of sp³-hybridized carbons (Fsp3) is 0.0526. The van der Waals surface area contributed by atoms with Gasteiger partial charge in [-0.15, -0.1) is 0 Å². The van der Waals surface area contributed by atoms with Gasteiger partial charge in [0.25, 0.3) is 0 Å². The normalized spacial score (nSPS) is 12.8. The maximum atomic E-state index is 2.50. The van der Waals surface area contributed by atoms with Crippen LogP contribution in [0.2, 0.25) is 0 Å². The Kier molecular flexibility index (Phi) is 7.82. The summed E-state index contributed by atoms with van der Waals surface area (Å²) in [6, 6.07) is 75.8. The lowest BCUT2D eigenvalue weighted by Gasteiger charge is -2.23. The molecule has 0 aliphatic heterocycles. The minimum atomic E-state index is -0.923. The molecule has 0 heterocycles. The number of fused-ring (bicyclic) bond motifs is 9. The number of rotatable bonds is 6. The van der Waals surface area contributed by atoms with E-state index in [1.807, 2.05) is 0 Å². The molecule has 0 bridgehead atoms. The Morgan fingerprint density at radius 3 is 0.862 bits per heavy atom. The van der Waals surface area contributed by atoms with E-state index in [1.54, 1.807) is 0 Å². The molecule has 3 aliphatic carbocycles. The monoisotopic (exact) mass is 754 g/mol. The predicted octanol–water partition coefficient (Wildman–Crippen LogP) is 13.2. The second kappa shape index (κ2) is 13.5. The average molecular weight is 755 g/mol. The fourth-order valence-electron chi connectivity index (χ4n) is 10.2. The average Bonchev–Trinajstić information content (AvgIpc) is 3.98. The summed E-state index contributed by atoms with van der Waals surface area (Å²) in [5, 5.41) is 4.10. The van der Waals surface area contributed by atoms with Crippen LogP contribution in [0.15, 0.2) is 200 Å². The fourth-order valence-corrected chi connectivity index (χ4v) is 12.6. The van der Waals surface area contributed by atoms with Crippen LogP contribution in [0, 0.1) is 0 Å². The van der Waals surface area contributed by atoms with E-state index in [2.05, 4.69) is 200 Å². The van der Waals surface area contributed by atoms with Crippen LogP contribution < -0.4 is 15.9 Å². The molecule has 0 saturated heterocycles. The highest BCUT2D eigenvalue weighted by atomic mass is 31.1. The Hall–Kier alpha value is -6.59. The van der Waals surface area contributed by atoms with Crippen LogP contribution in [0.25, 0.3) is 66.8 Å². The van der Waals surface area contributed by atoms with Crippen LogP contribution in [-0.2, 0) is 19.3 Å². The molecule has 272 valence electrons. The van der Waals surface area contributed by atoms with Gasteiger partial charge in [0.05, 0.1) is 0 Å². The van der Waals surface area contributed by atoms with Crippen molar-refractivity contribution < 1.29 is 0 Å². The quantitative estimate of drug-likeness (QED) is 0.148. The third-order valence-corrected chi connectivity index (χ3v) is 15.2. The number of benzene rings is 9. The molecule has 0 radical (unpaired) electrons. The molecule has 1 heteroatoms. The molecule has 3 aliphatic rings. The Balaban J connectivity index is 1.01. The van der Waals surface area contributed by atoms with E-state index >= 15 is 0 Å². The lowest BCUT2D eigenvalue weighted by molar-refractivity contribution is 1.26. The molecule has 0 unspecified atom stereocenters. The summed E-state index contributed by atoms with van der Waals surface area (Å²) in [5.41, 5.74) is 24.7. The molecular weight excluding hydrogens is 716 g/mol. The van der Waals surface area contributed by atoms with E-state index in [4.69, 9.17) is 0 Å². The van der Waals surface area contributed by atoms with Gasteiger partial charge in [-0.25, -0.2) is 0 Å². The maximum Gasteiger partial charge on any atom is -0.000729 e. The van der Waals surface area contributed by atoms with Gasteiger partial charge in [0.2, 0.25) is 0 Å². The van der Waals surface area contributed by atoms with Gasteiger partial charge in [0, 0.05) is 0 Å². The second-order valence-corrected chi connectivity index (χ2v) is 18.2. The van der Waals surface area contributed by atoms with Gasteiger partial charge in [-0.1, -0.05) is 182 Å². The van der Waals surface area contributed by atoms with Gasteiger partial charge in [0.15, 0.2) is 0 Å². The number of hydrogen-bond acceptors (Lipinski definition) is 0. The molecule has 58 heavy (non-hydrogen) atoms. The highest BCUT2D eigenvalue weighted by Crippen LogP contribution is 2.46. The molecule has 0 amide bonds. The zero-order valence-corrected chi connectivity index (χ0v) is 33.0. The second-order valence-electron chi connectivity index (χ2n) is 16.0. The molecule has 0 N–H and O–H groups in total. The molecule has 0 aromatic heterocycles. The van der Waals surface area contributed by atoms with Gasteiger partial charge < -0.3 is 0 Å². The highest BCUT2D eigenvalue weighted by Gasteiger charge is 2.26. The summed E-state index contributed by atoms with van der Waals surface area (Å²) in [6.45, 7) is 0. The van der Waals surface area contributed by atoms with Gasteiger partial charge in [0.1, 0.15) is 0 Å². The maximum absolute atomic E-state index is 2.50. The van der Waals surface area contributed by atoms with Crippen LogP contribution in [0.4, 0.5) is 0 Å². The largest absolute Gasteiger partial charge is 0.0619 e. The molecule has 9 aromatic rings. The van der Waals surface area contributed by atoms with Crippen molar-refractivity contribution in [2.24, 2.45) is 0 Å². The van der Waals surface area contributed by atoms with Gasteiger partial charge >= 0.3 is 0 Å². The zero-order chi connectivity index (χ0) is 38.2. The van der Waals surface area contributed by atoms with Gasteiger partial charge in [-0.3, -0.25) is 0 Å². The molecule has 9 aromatic carbocycles. The molecule has 0 fully saturated rings. The molecule has 0 atom stereocenters. The Bertz CT molecular complexity index is 2780. The molecule has 0 nitrogen and oxygen atoms in total. The van der Waals surface area contributed by atoms with E-state index in [0.717, 1.165) is 19.3 Å². The van der Waals surface area contributed by atoms with Crippen molar-refractivity contribution in [3.8, 4) is 66.8 Å². The highest BCUT2D eigenvalue weighted by molar-refractivity contribution is 7.79. The first-order valence-corrected chi connectivity index (χ1v) is 21.8. The van der Waals surface area contributed by atoms with E-state index in [9.17, 15) is 0 Å². The van der Waals surface area contributed by atoms with Crippen molar-refractivity contribution >= 4 is 23.8 Å². The summed E-state index contributed by atoms with van der Waals surface area (Å²) in [7, 11) is -0.923. The first-order chi connectivity index (χ1) is 28.7. The third kappa shape index (κ3) is 5.40. The van der Waals surface area contributed by atoms with Crippen LogP contribution in [0.5, 0.6) is 0 Å². The van der Waals surface area contributed by atoms with Crippen molar-refractivity contribution in [3.05, 3.63) is 234 Å². The topological polar surface area (TPSA) is 0 Å². The van der Waals surface area contributed by atoms with E-state index < -0.39 is 7.92 Å². The molecule has 0 spiro atoms. The summed E-state index contributed by atoms with van der Waals surface area (Å²) >= 11 is 0. The van der Waals surface area contributed by atoms with Crippen LogP contribution in [0.1, 0.15) is 33.4 Å². The summed E-state index contributed by atoms with van der Waals surface area (Å²) in [5.74, 6) is 0. The van der Waals surface area contributed by atoms with Crippen molar-refractivity contribution in [2.75, 3.05) is 0 Å². The first kappa shape index (κ1) is 33.5. The van der Waals surface area contributed by atoms with Crippen LogP contribution in [0.3, 0.4) is 0 Å². The van der Waals surface area contributed by atoms with Crippen molar-refractivity contribution in [1.82, 2.24) is 0 Å². The first-order valence-electron chi connectivity index (χ1n) is 20.5. The Labute approximate surface area is 341 Å². The lowest BCUT2D eigenvalue weighted by Crippen LogP contribution is -2.21. The van der Waals surface area contributed by atoms with Gasteiger partial charge in [-0.05, 0) is 161 Å². The summed E-state index contributed by atoms with van der Waals surface area (Å²) in [4.78, 5) is 0. The number of hydrogen-bond donors (Lipinski definition) is 0. The standard InChI is InChI=1S/C57H39P/c1-4-22-46-40(13-1)34-55-49(25-10-28-52(46)55)37-16-7-19-43(31-37)58(44-20-8-17-38(32-44)50-26-11-29-53-47-23-5-2-14-41(47)35-56(50)53)45-21-9-18-39(33-45)51-27-12-30-54-48-24-6-3-15-42(48)36-57(51)54/h1-33H,34-36H2. The van der Waals surface area contributed by atoms with E-state index in [0.29, 0.717) is 0 Å². The predicted molar refractivity (Wildman–Crippen MR) is 246 cm³/mol. The summed E-state index contributed by atoms with van der Waals surface area (Å²) < 4.78 is 0. The Morgan fingerprint density at radius 2 is 0.517 bits per heavy atom. The summed E-state index contributed by atoms with van der Waals surface area (Å²) in [6.07, 6.45) is 2.92. The SMILES string of the molecule is c1cc(-c2cccc3c2Cc2ccccc2-3)cc(P(c2cccc(-c3cccc4c3Cc3ccccc3-4)c2)c2cccc(-c3cccc4c3Cc3ccccc3-4)c2)c1. The van der Waals surface area contributed by atoms with Crippen LogP contribution in [-0.4, -0.2) is 0 Å². The van der Waals surface area contributed by atoms with E-state index in [1.165, 1.54) is 116 Å². The third-order valence-electron chi connectivity index (χ3n) is 12.8. The lowest BCUT2D eigenvalue weighted by atomic mass is 9.96. The Morgan fingerprint density at radius 1 is 0.241 bits per heavy atom. The molecule has 12 rings (SSSR count). The molecular formula is C57H39P. The van der Waals surface area contributed by atoms with Crippen molar-refractivity contribution in [1.29, 1.82) is 0 Å². The minimum Gasteiger partial charge on any atom is -0.0619 e. The van der Waals surface area contributed by atoms with Crippen molar-refractivity contribution in [2.45, 2.75) is 19.3 Å². The van der Waals surface area contributed by atoms with Crippen LogP contribution >= 0.6 is 7.92 Å². The molecule has 0 saturated carbocycles. The van der Waals surface area contributed by atoms with Crippen molar-refractivity contribution in [3.63, 3.8) is 0 Å². The van der Waals surface area contributed by atoms with E-state index in [-0.39, 0.29) is 0 Å². The smallest absolute Gasteiger partial charge is 0.000729 e. The van der Waals surface area contributed by atoms with Gasteiger partial charge in [-0.2, -0.15) is 0 Å². The minimum absolute atomic E-state index is 0.923.